The van der Waals surface area contributed by atoms with Crippen LogP contribution in [0, 0.1) is 0 Å². The molecule has 1 aromatic carbocycles. The number of ether oxygens (including phenoxy) is 1. The van der Waals surface area contributed by atoms with Crippen LogP contribution in [-0.4, -0.2) is 44.3 Å². The number of Topliss-reactive ketones (excluding diaryl/α,β-unsaturated/α-hetero) is 1. The van der Waals surface area contributed by atoms with Crippen LogP contribution in [0.4, 0.5) is 8.78 Å². The van der Waals surface area contributed by atoms with Crippen LogP contribution in [0.3, 0.4) is 0 Å². The molecule has 0 heterocycles. The summed E-state index contributed by atoms with van der Waals surface area (Å²) >= 11 is 0. The fourth-order valence-corrected chi connectivity index (χ4v) is 3.53. The number of rotatable bonds is 8. The van der Waals surface area contributed by atoms with Gasteiger partial charge in [0.2, 0.25) is 5.91 Å². The number of halogens is 2. The zero-order chi connectivity index (χ0) is 20.1. The third kappa shape index (κ3) is 6.01. The molecule has 0 fully saturated rings. The summed E-state index contributed by atoms with van der Waals surface area (Å²) in [6, 6.07) is 5.20. The van der Waals surface area contributed by atoms with E-state index in [1.165, 1.54) is 6.92 Å². The van der Waals surface area contributed by atoms with Crippen LogP contribution in [-0.2, 0) is 14.3 Å². The van der Waals surface area contributed by atoms with E-state index in [-0.39, 0.29) is 12.2 Å². The largest absolute Gasteiger partial charge is 0.462 e. The van der Waals surface area contributed by atoms with Crippen molar-refractivity contribution in [3.63, 3.8) is 0 Å². The molecule has 1 rings (SSSR count). The lowest BCUT2D eigenvalue weighted by molar-refractivity contribution is -0.172. The molecule has 1 amide bonds. The lowest BCUT2D eigenvalue weighted by Crippen LogP contribution is -2.46. The normalized spacial score (nSPS) is 13.0. The first-order valence-electron chi connectivity index (χ1n) is 8.35. The molecule has 0 aliphatic rings. The van der Waals surface area contributed by atoms with Crippen LogP contribution in [0.15, 0.2) is 24.3 Å². The van der Waals surface area contributed by atoms with E-state index in [0.29, 0.717) is 0 Å². The van der Waals surface area contributed by atoms with Crippen molar-refractivity contribution in [3.05, 3.63) is 29.8 Å². The second-order valence-electron chi connectivity index (χ2n) is 7.07. The van der Waals surface area contributed by atoms with Gasteiger partial charge in [0.05, 0.1) is 27.1 Å². The van der Waals surface area contributed by atoms with Gasteiger partial charge in [-0.1, -0.05) is 49.1 Å². The Morgan fingerprint density at radius 3 is 2.12 bits per heavy atom. The molecule has 0 saturated carbocycles. The molecule has 0 bridgehead atoms. The molecular formula is C18H25F2NO4Si. The molecule has 0 aliphatic heterocycles. The second-order valence-corrected chi connectivity index (χ2v) is 12.2. The highest BCUT2D eigenvalue weighted by Crippen LogP contribution is 2.24. The summed E-state index contributed by atoms with van der Waals surface area (Å²) < 4.78 is 32.4. The predicted molar refractivity (Wildman–Crippen MR) is 97.6 cm³/mol. The molecule has 1 N–H and O–H groups in total. The Balaban J connectivity index is 3.07. The number of esters is 1. The van der Waals surface area contributed by atoms with Gasteiger partial charge in [0, 0.05) is 12.5 Å². The van der Waals surface area contributed by atoms with E-state index >= 15 is 0 Å². The van der Waals surface area contributed by atoms with Crippen LogP contribution in [0.5, 0.6) is 0 Å². The number of hydrogen-bond acceptors (Lipinski definition) is 4. The maximum atomic E-state index is 14.0. The Labute approximate surface area is 153 Å². The molecule has 144 valence electrons. The minimum Gasteiger partial charge on any atom is -0.462 e. The molecule has 0 spiro atoms. The molecule has 0 aromatic heterocycles. The van der Waals surface area contributed by atoms with Crippen molar-refractivity contribution in [2.24, 2.45) is 0 Å². The lowest BCUT2D eigenvalue weighted by atomic mass is 9.98. The van der Waals surface area contributed by atoms with Gasteiger partial charge in [0.1, 0.15) is 0 Å². The molecule has 0 aliphatic carbocycles. The molecule has 5 nitrogen and oxygen atoms in total. The minimum absolute atomic E-state index is 0.199. The lowest BCUT2D eigenvalue weighted by Gasteiger charge is -2.22. The summed E-state index contributed by atoms with van der Waals surface area (Å²) in [5.41, 5.74) is 0.199. The number of amides is 1. The zero-order valence-corrected chi connectivity index (χ0v) is 16.7. The predicted octanol–water partition coefficient (Wildman–Crippen LogP) is 2.51. The van der Waals surface area contributed by atoms with E-state index in [9.17, 15) is 23.2 Å². The van der Waals surface area contributed by atoms with E-state index < -0.39 is 44.1 Å². The Hall–Kier alpha value is -2.09. The van der Waals surface area contributed by atoms with Gasteiger partial charge in [-0.15, -0.1) is 0 Å². The average Bonchev–Trinajstić information content (AvgIpc) is 2.52. The van der Waals surface area contributed by atoms with E-state index in [2.05, 4.69) is 29.7 Å². The van der Waals surface area contributed by atoms with Crippen molar-refractivity contribution in [1.82, 2.24) is 5.32 Å². The standard InChI is InChI=1S/C18H25F2NO4Si/c1-6-25-17(24)18(19,20)11-15(21-12(2)22)16(23)13-7-9-14(10-8-13)26(3,4)5/h7-10,15H,6,11H2,1-5H3,(H,21,22). The van der Waals surface area contributed by atoms with Gasteiger partial charge in [-0.05, 0) is 6.92 Å². The van der Waals surface area contributed by atoms with Gasteiger partial charge in [0.25, 0.3) is 0 Å². The molecule has 0 saturated heterocycles. The quantitative estimate of drug-likeness (QED) is 0.424. The van der Waals surface area contributed by atoms with Gasteiger partial charge in [0.15, 0.2) is 5.78 Å². The molecule has 8 heteroatoms. The fourth-order valence-electron chi connectivity index (χ4n) is 2.37. The van der Waals surface area contributed by atoms with Crippen LogP contribution >= 0.6 is 0 Å². The van der Waals surface area contributed by atoms with Gasteiger partial charge in [-0.25, -0.2) is 4.79 Å². The third-order valence-electron chi connectivity index (χ3n) is 3.76. The number of nitrogens with one attached hydrogen (secondary N) is 1. The van der Waals surface area contributed by atoms with Crippen molar-refractivity contribution in [2.45, 2.75) is 51.9 Å². The first kappa shape index (κ1) is 21.9. The van der Waals surface area contributed by atoms with Crippen molar-refractivity contribution in [3.8, 4) is 0 Å². The van der Waals surface area contributed by atoms with Gasteiger partial charge < -0.3 is 10.1 Å². The van der Waals surface area contributed by atoms with Crippen LogP contribution in [0.2, 0.25) is 19.6 Å². The topological polar surface area (TPSA) is 72.5 Å². The van der Waals surface area contributed by atoms with E-state index in [0.717, 1.165) is 12.1 Å². The Bertz CT molecular complexity index is 669. The number of hydrogen-bond donors (Lipinski definition) is 1. The van der Waals surface area contributed by atoms with Crippen LogP contribution in [0.1, 0.15) is 30.6 Å². The monoisotopic (exact) mass is 385 g/mol. The Morgan fingerprint density at radius 1 is 1.15 bits per heavy atom. The fraction of sp³-hybridized carbons (Fsp3) is 0.500. The van der Waals surface area contributed by atoms with Crippen molar-refractivity contribution >= 4 is 30.9 Å². The van der Waals surface area contributed by atoms with Gasteiger partial charge in [-0.3, -0.25) is 9.59 Å². The van der Waals surface area contributed by atoms with E-state index in [4.69, 9.17) is 0 Å². The molecule has 0 radical (unpaired) electrons. The summed E-state index contributed by atoms with van der Waals surface area (Å²) in [5.74, 6) is -6.90. The first-order chi connectivity index (χ1) is 11.9. The molecule has 1 aromatic rings. The smallest absolute Gasteiger partial charge is 0.377 e. The average molecular weight is 385 g/mol. The van der Waals surface area contributed by atoms with E-state index in [1.54, 1.807) is 24.3 Å². The second kappa shape index (κ2) is 8.53. The van der Waals surface area contributed by atoms with Crippen molar-refractivity contribution in [2.75, 3.05) is 6.61 Å². The van der Waals surface area contributed by atoms with Crippen LogP contribution < -0.4 is 10.5 Å². The summed E-state index contributed by atoms with van der Waals surface area (Å²) in [5, 5.41) is 3.32. The summed E-state index contributed by atoms with van der Waals surface area (Å²) in [6.07, 6.45) is -1.15. The molecule has 26 heavy (non-hydrogen) atoms. The molecule has 1 unspecified atom stereocenters. The summed E-state index contributed by atoms with van der Waals surface area (Å²) in [7, 11) is -1.57. The number of ketones is 1. The van der Waals surface area contributed by atoms with Gasteiger partial charge >= 0.3 is 11.9 Å². The van der Waals surface area contributed by atoms with Crippen molar-refractivity contribution < 1.29 is 27.9 Å². The van der Waals surface area contributed by atoms with Gasteiger partial charge in [-0.2, -0.15) is 8.78 Å². The number of carbonyl (C=O) groups excluding carboxylic acids is 3. The highest BCUT2D eigenvalue weighted by molar-refractivity contribution is 6.88. The van der Waals surface area contributed by atoms with Crippen molar-refractivity contribution in [1.29, 1.82) is 0 Å². The van der Waals surface area contributed by atoms with Crippen LogP contribution in [0.25, 0.3) is 0 Å². The number of benzene rings is 1. The molecular weight excluding hydrogens is 360 g/mol. The maximum Gasteiger partial charge on any atom is 0.377 e. The third-order valence-corrected chi connectivity index (χ3v) is 5.83. The Kier molecular flexibility index (Phi) is 7.20. The summed E-state index contributed by atoms with van der Waals surface area (Å²) in [6.45, 7) is 8.75. The highest BCUT2D eigenvalue weighted by atomic mass is 28.3. The SMILES string of the molecule is CCOC(=O)C(F)(F)CC(NC(C)=O)C(=O)c1ccc([Si](C)(C)C)cc1. The zero-order valence-electron chi connectivity index (χ0n) is 15.7. The summed E-state index contributed by atoms with van der Waals surface area (Å²) in [4.78, 5) is 35.4. The first-order valence-corrected chi connectivity index (χ1v) is 11.9. The maximum absolute atomic E-state index is 14.0. The highest BCUT2D eigenvalue weighted by Gasteiger charge is 2.44. The van der Waals surface area contributed by atoms with E-state index in [1.807, 2.05) is 0 Å². The minimum atomic E-state index is -3.88. The number of alkyl halides is 2. The number of carbonyl (C=O) groups is 3. The molecule has 1 atom stereocenters. The Morgan fingerprint density at radius 2 is 1.69 bits per heavy atom.